The normalized spacial score (nSPS) is 18.2. The van der Waals surface area contributed by atoms with Gasteiger partial charge in [0.2, 0.25) is 10.0 Å². The van der Waals surface area contributed by atoms with Crippen LogP contribution in [0.3, 0.4) is 0 Å². The monoisotopic (exact) mass is 257 g/mol. The van der Waals surface area contributed by atoms with E-state index in [4.69, 9.17) is 4.74 Å². The fraction of sp³-hybridized carbons (Fsp3) is 0.455. The Kier molecular flexibility index (Phi) is 3.37. The van der Waals surface area contributed by atoms with Crippen molar-refractivity contribution in [3.8, 4) is 5.75 Å². The number of morpholine rings is 1. The first kappa shape index (κ1) is 12.3. The van der Waals surface area contributed by atoms with Crippen molar-refractivity contribution in [2.24, 2.45) is 0 Å². The molecule has 0 spiro atoms. The SMILES string of the molecule is Cc1ccc(S(=O)(=O)N2CCOCC2)c(O)c1. The van der Waals surface area contributed by atoms with Crippen LogP contribution in [0.1, 0.15) is 5.56 Å². The Morgan fingerprint density at radius 1 is 1.29 bits per heavy atom. The average molecular weight is 257 g/mol. The lowest BCUT2D eigenvalue weighted by Crippen LogP contribution is -2.40. The largest absolute Gasteiger partial charge is 0.507 e. The van der Waals surface area contributed by atoms with E-state index in [0.717, 1.165) is 5.56 Å². The zero-order valence-electron chi connectivity index (χ0n) is 9.59. The highest BCUT2D eigenvalue weighted by Gasteiger charge is 2.28. The number of ether oxygens (including phenoxy) is 1. The van der Waals surface area contributed by atoms with Gasteiger partial charge in [-0.15, -0.1) is 0 Å². The van der Waals surface area contributed by atoms with Crippen molar-refractivity contribution in [1.82, 2.24) is 4.31 Å². The van der Waals surface area contributed by atoms with E-state index in [-0.39, 0.29) is 10.6 Å². The van der Waals surface area contributed by atoms with Gasteiger partial charge in [-0.25, -0.2) is 8.42 Å². The summed E-state index contributed by atoms with van der Waals surface area (Å²) < 4.78 is 30.9. The van der Waals surface area contributed by atoms with Crippen LogP contribution in [0, 0.1) is 6.92 Å². The van der Waals surface area contributed by atoms with Crippen LogP contribution in [0.25, 0.3) is 0 Å². The average Bonchev–Trinajstić information content (AvgIpc) is 2.29. The molecule has 0 radical (unpaired) electrons. The number of aromatic hydroxyl groups is 1. The second-order valence-electron chi connectivity index (χ2n) is 3.99. The summed E-state index contributed by atoms with van der Waals surface area (Å²) in [6.45, 7) is 3.24. The molecule has 1 fully saturated rings. The molecule has 1 aliphatic rings. The molecule has 0 unspecified atom stereocenters. The van der Waals surface area contributed by atoms with Gasteiger partial charge in [-0.3, -0.25) is 0 Å². The summed E-state index contributed by atoms with van der Waals surface area (Å²) in [6.07, 6.45) is 0. The molecule has 1 aliphatic heterocycles. The van der Waals surface area contributed by atoms with E-state index in [1.165, 1.54) is 16.4 Å². The first-order chi connectivity index (χ1) is 8.01. The first-order valence-electron chi connectivity index (χ1n) is 5.39. The van der Waals surface area contributed by atoms with Gasteiger partial charge < -0.3 is 9.84 Å². The van der Waals surface area contributed by atoms with Gasteiger partial charge in [-0.05, 0) is 24.6 Å². The minimum atomic E-state index is -3.61. The van der Waals surface area contributed by atoms with Crippen LogP contribution in [-0.2, 0) is 14.8 Å². The van der Waals surface area contributed by atoms with Crippen LogP contribution in [0.2, 0.25) is 0 Å². The molecule has 1 heterocycles. The van der Waals surface area contributed by atoms with Gasteiger partial charge in [0.15, 0.2) is 0 Å². The third kappa shape index (κ3) is 2.43. The lowest BCUT2D eigenvalue weighted by molar-refractivity contribution is 0.0729. The summed E-state index contributed by atoms with van der Waals surface area (Å²) >= 11 is 0. The molecule has 0 aromatic heterocycles. The Labute approximate surface area is 101 Å². The van der Waals surface area contributed by atoms with Gasteiger partial charge in [0.25, 0.3) is 0 Å². The quantitative estimate of drug-likeness (QED) is 0.848. The zero-order chi connectivity index (χ0) is 12.5. The van der Waals surface area contributed by atoms with E-state index in [1.54, 1.807) is 13.0 Å². The Hall–Kier alpha value is -1.11. The van der Waals surface area contributed by atoms with E-state index in [2.05, 4.69) is 0 Å². The number of hydrogen-bond donors (Lipinski definition) is 1. The van der Waals surface area contributed by atoms with Crippen molar-refractivity contribution in [2.75, 3.05) is 26.3 Å². The molecule has 0 atom stereocenters. The molecule has 0 saturated carbocycles. The fourth-order valence-corrected chi connectivity index (χ4v) is 3.24. The van der Waals surface area contributed by atoms with E-state index >= 15 is 0 Å². The number of phenols is 1. The Morgan fingerprint density at radius 2 is 1.94 bits per heavy atom. The number of phenolic OH excluding ortho intramolecular Hbond substituents is 1. The number of hydrogen-bond acceptors (Lipinski definition) is 4. The van der Waals surface area contributed by atoms with E-state index < -0.39 is 10.0 Å². The van der Waals surface area contributed by atoms with Crippen molar-refractivity contribution >= 4 is 10.0 Å². The Balaban J connectivity index is 2.37. The number of aryl methyl sites for hydroxylation is 1. The van der Waals surface area contributed by atoms with Gasteiger partial charge in [-0.1, -0.05) is 6.07 Å². The maximum Gasteiger partial charge on any atom is 0.246 e. The van der Waals surface area contributed by atoms with Crippen LogP contribution in [0.4, 0.5) is 0 Å². The summed E-state index contributed by atoms with van der Waals surface area (Å²) in [5, 5.41) is 9.72. The lowest BCUT2D eigenvalue weighted by atomic mass is 10.2. The number of nitrogens with zero attached hydrogens (tertiary/aromatic N) is 1. The summed E-state index contributed by atoms with van der Waals surface area (Å²) in [4.78, 5) is -0.0370. The molecule has 1 saturated heterocycles. The molecule has 5 nitrogen and oxygen atoms in total. The lowest BCUT2D eigenvalue weighted by Gasteiger charge is -2.26. The molecule has 17 heavy (non-hydrogen) atoms. The van der Waals surface area contributed by atoms with E-state index in [1.807, 2.05) is 0 Å². The second kappa shape index (κ2) is 4.64. The van der Waals surface area contributed by atoms with E-state index in [9.17, 15) is 13.5 Å². The molecular weight excluding hydrogens is 242 g/mol. The summed E-state index contributed by atoms with van der Waals surface area (Å²) in [5.41, 5.74) is 0.823. The standard InChI is InChI=1S/C11H15NO4S/c1-9-2-3-11(10(13)8-9)17(14,15)12-4-6-16-7-5-12/h2-3,8,13H,4-7H2,1H3. The van der Waals surface area contributed by atoms with E-state index in [0.29, 0.717) is 26.3 Å². The molecule has 0 amide bonds. The second-order valence-corrected chi connectivity index (χ2v) is 5.89. The first-order valence-corrected chi connectivity index (χ1v) is 6.83. The van der Waals surface area contributed by atoms with Crippen LogP contribution in [-0.4, -0.2) is 44.1 Å². The van der Waals surface area contributed by atoms with Crippen molar-refractivity contribution in [3.05, 3.63) is 23.8 Å². The minimum absolute atomic E-state index is 0.0370. The third-order valence-corrected chi connectivity index (χ3v) is 4.65. The van der Waals surface area contributed by atoms with Crippen molar-refractivity contribution < 1.29 is 18.3 Å². The van der Waals surface area contributed by atoms with Gasteiger partial charge in [0, 0.05) is 13.1 Å². The van der Waals surface area contributed by atoms with Gasteiger partial charge in [0.1, 0.15) is 10.6 Å². The Bertz CT molecular complexity index is 506. The maximum absolute atomic E-state index is 12.2. The topological polar surface area (TPSA) is 66.8 Å². The summed E-state index contributed by atoms with van der Waals surface area (Å²) in [6, 6.07) is 4.57. The van der Waals surface area contributed by atoms with Crippen LogP contribution in [0.5, 0.6) is 5.75 Å². The Morgan fingerprint density at radius 3 is 2.53 bits per heavy atom. The molecule has 6 heteroatoms. The number of rotatable bonds is 2. The molecule has 94 valence electrons. The fourth-order valence-electron chi connectivity index (χ4n) is 1.77. The minimum Gasteiger partial charge on any atom is -0.507 e. The van der Waals surface area contributed by atoms with Gasteiger partial charge in [0.05, 0.1) is 13.2 Å². The van der Waals surface area contributed by atoms with Gasteiger partial charge >= 0.3 is 0 Å². The molecule has 1 aromatic carbocycles. The maximum atomic E-state index is 12.2. The van der Waals surface area contributed by atoms with Crippen LogP contribution < -0.4 is 0 Å². The zero-order valence-corrected chi connectivity index (χ0v) is 10.4. The van der Waals surface area contributed by atoms with Gasteiger partial charge in [-0.2, -0.15) is 4.31 Å². The number of sulfonamides is 1. The highest BCUT2D eigenvalue weighted by atomic mass is 32.2. The van der Waals surface area contributed by atoms with Crippen LogP contribution >= 0.6 is 0 Å². The predicted molar refractivity (Wildman–Crippen MR) is 62.4 cm³/mol. The number of benzene rings is 1. The predicted octanol–water partition coefficient (Wildman–Crippen LogP) is 0.722. The third-order valence-electron chi connectivity index (χ3n) is 2.70. The molecule has 2 rings (SSSR count). The van der Waals surface area contributed by atoms with Crippen molar-refractivity contribution in [1.29, 1.82) is 0 Å². The smallest absolute Gasteiger partial charge is 0.246 e. The molecule has 0 aliphatic carbocycles. The molecule has 0 bridgehead atoms. The summed E-state index contributed by atoms with van der Waals surface area (Å²) in [7, 11) is -3.61. The molecule has 1 aromatic rings. The highest BCUT2D eigenvalue weighted by Crippen LogP contribution is 2.26. The van der Waals surface area contributed by atoms with Crippen molar-refractivity contribution in [3.63, 3.8) is 0 Å². The highest BCUT2D eigenvalue weighted by molar-refractivity contribution is 7.89. The summed E-state index contributed by atoms with van der Waals surface area (Å²) in [5.74, 6) is -0.198. The molecule has 1 N–H and O–H groups in total. The molecular formula is C11H15NO4S. The van der Waals surface area contributed by atoms with Crippen molar-refractivity contribution in [2.45, 2.75) is 11.8 Å². The van der Waals surface area contributed by atoms with Crippen LogP contribution in [0.15, 0.2) is 23.1 Å².